The van der Waals surface area contributed by atoms with Crippen LogP contribution in [0.15, 0.2) is 89.4 Å². The van der Waals surface area contributed by atoms with E-state index in [-0.39, 0.29) is 0 Å². The Labute approximate surface area is 170 Å². The van der Waals surface area contributed by atoms with E-state index in [9.17, 15) is 0 Å². The first-order chi connectivity index (χ1) is 13.3. The maximum atomic E-state index is 3.68. The smallest absolute Gasteiger partial charge is 0.240 e. The van der Waals surface area contributed by atoms with Crippen LogP contribution in [-0.2, 0) is 13.1 Å². The van der Waals surface area contributed by atoms with Gasteiger partial charge in [-0.05, 0) is 18.2 Å². The molecule has 2 N–H and O–H groups in total. The summed E-state index contributed by atoms with van der Waals surface area (Å²) in [5, 5.41) is 0. The molecule has 2 nitrogen and oxygen atoms in total. The number of hydrogen-bond acceptors (Lipinski definition) is 0. The molecular weight excluding hydrogens is 396 g/mol. The molecule has 0 bridgehead atoms. The monoisotopic (exact) mass is 422 g/mol. The molecule has 4 rings (SSSR count). The fourth-order valence-electron chi connectivity index (χ4n) is 4.37. The van der Waals surface area contributed by atoms with Crippen molar-refractivity contribution in [1.82, 2.24) is 0 Å². The second-order valence-electron chi connectivity index (χ2n) is 7.48. The van der Waals surface area contributed by atoms with Crippen molar-refractivity contribution in [3.8, 4) is 0 Å². The lowest BCUT2D eigenvalue weighted by atomic mass is 10.0. The third-order valence-electron chi connectivity index (χ3n) is 5.54. The molecule has 0 saturated carbocycles. The Balaban J connectivity index is 1.64. The van der Waals surface area contributed by atoms with Crippen LogP contribution in [0, 0.1) is 0 Å². The van der Waals surface area contributed by atoms with Crippen LogP contribution in [-0.4, -0.2) is 13.1 Å². The topological polar surface area (TPSA) is 8.88 Å². The molecule has 3 aromatic carbocycles. The Bertz CT molecular complexity index is 801. The molecule has 2 unspecified atom stereocenters. The van der Waals surface area contributed by atoms with E-state index in [1.807, 2.05) is 0 Å². The molecule has 1 heterocycles. The minimum absolute atomic E-state index is 0.455. The average Bonchev–Trinajstić information content (AvgIpc) is 2.70. The maximum Gasteiger partial charge on any atom is 0.240 e. The minimum Gasteiger partial charge on any atom is -0.278 e. The summed E-state index contributed by atoms with van der Waals surface area (Å²) in [6.07, 6.45) is 1.73. The van der Waals surface area contributed by atoms with Crippen LogP contribution < -0.4 is 9.80 Å². The summed E-state index contributed by atoms with van der Waals surface area (Å²) in [6.45, 7) is 4.61. The molecule has 2 atom stereocenters. The molecule has 0 aromatic heterocycles. The summed E-state index contributed by atoms with van der Waals surface area (Å²) in [5.74, 6) is 0. The van der Waals surface area contributed by atoms with Gasteiger partial charge in [0, 0.05) is 22.0 Å². The van der Waals surface area contributed by atoms with Crippen molar-refractivity contribution < 1.29 is 9.80 Å². The largest absolute Gasteiger partial charge is 0.278 e. The predicted molar refractivity (Wildman–Crippen MR) is 113 cm³/mol. The molecule has 0 aliphatic carbocycles. The molecule has 1 aliphatic rings. The second-order valence-corrected chi connectivity index (χ2v) is 8.40. The quantitative estimate of drug-likeness (QED) is 0.625. The van der Waals surface area contributed by atoms with Crippen molar-refractivity contribution in [3.63, 3.8) is 0 Å². The second kappa shape index (κ2) is 8.83. The van der Waals surface area contributed by atoms with E-state index in [2.05, 4.69) is 101 Å². The Hall–Kier alpha value is -1.94. The molecule has 3 heteroatoms. The molecule has 1 fully saturated rings. The lowest BCUT2D eigenvalue weighted by Gasteiger charge is -2.38. The highest BCUT2D eigenvalue weighted by atomic mass is 79.9. The molecule has 3 aromatic rings. The molecule has 0 radical (unpaired) electrons. The number of nitrogens with one attached hydrogen (secondary N) is 2. The van der Waals surface area contributed by atoms with E-state index >= 15 is 0 Å². The Morgan fingerprint density at radius 2 is 1.26 bits per heavy atom. The number of benzene rings is 3. The number of quaternary nitrogens is 2. The highest BCUT2D eigenvalue weighted by Crippen LogP contribution is 2.15. The fourth-order valence-corrected chi connectivity index (χ4v) is 4.79. The first-order valence-electron chi connectivity index (χ1n) is 9.82. The van der Waals surface area contributed by atoms with Gasteiger partial charge in [0.1, 0.15) is 13.1 Å². The minimum atomic E-state index is 0.455. The summed E-state index contributed by atoms with van der Waals surface area (Å²) in [7, 11) is 0. The number of rotatable bonds is 5. The number of halogens is 1. The van der Waals surface area contributed by atoms with Crippen molar-refractivity contribution >= 4 is 15.9 Å². The van der Waals surface area contributed by atoms with Gasteiger partial charge >= 0.3 is 0 Å². The summed E-state index contributed by atoms with van der Waals surface area (Å²) in [6, 6.07) is 30.8. The van der Waals surface area contributed by atoms with Gasteiger partial charge in [0.25, 0.3) is 0 Å². The molecule has 1 aliphatic heterocycles. The van der Waals surface area contributed by atoms with E-state index in [1.165, 1.54) is 40.7 Å². The molecule has 1 saturated heterocycles. The van der Waals surface area contributed by atoms with E-state index < -0.39 is 0 Å². The Morgan fingerprint density at radius 3 is 1.78 bits per heavy atom. The zero-order valence-electron chi connectivity index (χ0n) is 15.6. The normalized spacial score (nSPS) is 22.5. The van der Waals surface area contributed by atoms with Gasteiger partial charge in [0.2, 0.25) is 6.17 Å². The molecule has 0 amide bonds. The van der Waals surface area contributed by atoms with Crippen LogP contribution in [0.5, 0.6) is 0 Å². The van der Waals surface area contributed by atoms with Crippen molar-refractivity contribution in [2.45, 2.75) is 25.7 Å². The number of hydrogen-bond donors (Lipinski definition) is 2. The summed E-state index contributed by atoms with van der Waals surface area (Å²) >= 11 is 3.68. The van der Waals surface area contributed by atoms with Gasteiger partial charge in [-0.2, -0.15) is 0 Å². The Kier molecular flexibility index (Phi) is 6.03. The summed E-state index contributed by atoms with van der Waals surface area (Å²) < 4.78 is 1.17. The SMILES string of the molecule is Brc1cccc(C2[NH+](Cc3ccccc3)CCC[NH+]2Cc2ccccc2)c1. The lowest BCUT2D eigenvalue weighted by Crippen LogP contribution is -3.32. The zero-order chi connectivity index (χ0) is 18.5. The third-order valence-corrected chi connectivity index (χ3v) is 6.04. The van der Waals surface area contributed by atoms with Gasteiger partial charge < -0.3 is 0 Å². The van der Waals surface area contributed by atoms with E-state index in [1.54, 1.807) is 9.80 Å². The van der Waals surface area contributed by atoms with Crippen LogP contribution in [0.1, 0.15) is 29.3 Å². The third kappa shape index (κ3) is 4.67. The van der Waals surface area contributed by atoms with Crippen LogP contribution in [0.2, 0.25) is 0 Å². The molecule has 138 valence electrons. The van der Waals surface area contributed by atoms with Crippen molar-refractivity contribution in [1.29, 1.82) is 0 Å². The Morgan fingerprint density at radius 1 is 0.704 bits per heavy atom. The van der Waals surface area contributed by atoms with Crippen molar-refractivity contribution in [2.24, 2.45) is 0 Å². The van der Waals surface area contributed by atoms with Crippen molar-refractivity contribution in [2.75, 3.05) is 13.1 Å². The predicted octanol–water partition coefficient (Wildman–Crippen LogP) is 3.02. The lowest BCUT2D eigenvalue weighted by molar-refractivity contribution is -1.16. The van der Waals surface area contributed by atoms with E-state index in [4.69, 9.17) is 0 Å². The van der Waals surface area contributed by atoms with Crippen LogP contribution >= 0.6 is 15.9 Å². The van der Waals surface area contributed by atoms with Gasteiger partial charge in [-0.3, -0.25) is 9.80 Å². The van der Waals surface area contributed by atoms with Gasteiger partial charge in [-0.25, -0.2) is 0 Å². The molecule has 0 spiro atoms. The van der Waals surface area contributed by atoms with Crippen LogP contribution in [0.25, 0.3) is 0 Å². The fraction of sp³-hybridized carbons (Fsp3) is 0.250. The molecular formula is C24H27BrN2+2. The average molecular weight is 423 g/mol. The standard InChI is InChI=1S/C24H25BrN2/c25-23-14-7-13-22(17-23)24-26(18-20-9-3-1-4-10-20)15-8-16-27(24)19-21-11-5-2-6-12-21/h1-7,9-14,17,24H,8,15-16,18-19H2/p+2. The summed E-state index contributed by atoms with van der Waals surface area (Å²) in [5.41, 5.74) is 4.28. The summed E-state index contributed by atoms with van der Waals surface area (Å²) in [4.78, 5) is 3.33. The molecule has 27 heavy (non-hydrogen) atoms. The van der Waals surface area contributed by atoms with E-state index in [0.29, 0.717) is 6.17 Å². The van der Waals surface area contributed by atoms with Crippen LogP contribution in [0.4, 0.5) is 0 Å². The van der Waals surface area contributed by atoms with Gasteiger partial charge in [0.15, 0.2) is 0 Å². The van der Waals surface area contributed by atoms with E-state index in [0.717, 1.165) is 13.1 Å². The van der Waals surface area contributed by atoms with Crippen molar-refractivity contribution in [3.05, 3.63) is 106 Å². The van der Waals surface area contributed by atoms with Crippen LogP contribution in [0.3, 0.4) is 0 Å². The van der Waals surface area contributed by atoms with Gasteiger partial charge in [-0.15, -0.1) is 0 Å². The first-order valence-corrected chi connectivity index (χ1v) is 10.6. The highest BCUT2D eigenvalue weighted by Gasteiger charge is 2.37. The van der Waals surface area contributed by atoms with Gasteiger partial charge in [0.05, 0.1) is 18.7 Å². The zero-order valence-corrected chi connectivity index (χ0v) is 17.2. The van der Waals surface area contributed by atoms with Gasteiger partial charge in [-0.1, -0.05) is 82.7 Å². The maximum absolute atomic E-state index is 3.68. The highest BCUT2D eigenvalue weighted by molar-refractivity contribution is 9.10. The first kappa shape index (κ1) is 18.4.